The summed E-state index contributed by atoms with van der Waals surface area (Å²) in [5, 5.41) is 7.17. The Kier molecular flexibility index (Phi) is 4.25. The number of benzene rings is 2. The predicted octanol–water partition coefficient (Wildman–Crippen LogP) is 3.85. The van der Waals surface area contributed by atoms with Crippen LogP contribution in [0.1, 0.15) is 10.4 Å². The fourth-order valence-corrected chi connectivity index (χ4v) is 2.66. The maximum atomic E-state index is 12.4. The molecule has 1 amide bonds. The smallest absolute Gasteiger partial charge is 0.258 e. The van der Waals surface area contributed by atoms with Crippen molar-refractivity contribution in [3.05, 3.63) is 72.6 Å². The average Bonchev–Trinajstić information content (AvgIpc) is 3.06. The molecule has 0 radical (unpaired) electrons. The number of nitrogens with zero attached hydrogens (tertiary/aromatic N) is 2. The summed E-state index contributed by atoms with van der Waals surface area (Å²) in [7, 11) is 0. The van der Waals surface area contributed by atoms with Crippen LogP contribution >= 0.6 is 11.8 Å². The number of hydrogen-bond acceptors (Lipinski definition) is 3. The van der Waals surface area contributed by atoms with Crippen molar-refractivity contribution in [1.82, 2.24) is 9.78 Å². The van der Waals surface area contributed by atoms with Crippen molar-refractivity contribution >= 4 is 23.4 Å². The van der Waals surface area contributed by atoms with E-state index in [0.717, 1.165) is 16.3 Å². The van der Waals surface area contributed by atoms with Crippen LogP contribution in [0.3, 0.4) is 0 Å². The first-order chi connectivity index (χ1) is 10.8. The van der Waals surface area contributed by atoms with Gasteiger partial charge < -0.3 is 5.32 Å². The molecular formula is C17H15N3OS. The Hall–Kier alpha value is -2.53. The van der Waals surface area contributed by atoms with E-state index < -0.39 is 0 Å². The van der Waals surface area contributed by atoms with Crippen molar-refractivity contribution in [3.63, 3.8) is 0 Å². The highest BCUT2D eigenvalue weighted by molar-refractivity contribution is 7.98. The highest BCUT2D eigenvalue weighted by Gasteiger charge is 2.11. The molecule has 0 unspecified atom stereocenters. The van der Waals surface area contributed by atoms with Crippen LogP contribution in [0.5, 0.6) is 0 Å². The molecule has 0 bridgehead atoms. The molecule has 0 saturated heterocycles. The van der Waals surface area contributed by atoms with Crippen LogP contribution in [0, 0.1) is 0 Å². The fourth-order valence-electron chi connectivity index (χ4n) is 2.10. The highest BCUT2D eigenvalue weighted by Crippen LogP contribution is 2.25. The Labute approximate surface area is 133 Å². The van der Waals surface area contributed by atoms with Gasteiger partial charge in [0.1, 0.15) is 0 Å². The van der Waals surface area contributed by atoms with Gasteiger partial charge in [-0.15, -0.1) is 11.8 Å². The van der Waals surface area contributed by atoms with E-state index in [1.54, 1.807) is 28.8 Å². The molecule has 1 aromatic heterocycles. The Balaban J connectivity index is 1.80. The maximum Gasteiger partial charge on any atom is 0.258 e. The van der Waals surface area contributed by atoms with Gasteiger partial charge in [-0.1, -0.05) is 30.3 Å². The van der Waals surface area contributed by atoms with Crippen molar-refractivity contribution in [2.45, 2.75) is 4.90 Å². The molecule has 0 saturated carbocycles. The topological polar surface area (TPSA) is 46.9 Å². The van der Waals surface area contributed by atoms with Crippen LogP contribution in [-0.2, 0) is 0 Å². The number of hydrogen-bond donors (Lipinski definition) is 1. The molecule has 0 aliphatic heterocycles. The molecular weight excluding hydrogens is 294 g/mol. The lowest BCUT2D eigenvalue weighted by molar-refractivity contribution is 0.102. The molecule has 1 heterocycles. The van der Waals surface area contributed by atoms with E-state index in [0.29, 0.717) is 5.56 Å². The zero-order chi connectivity index (χ0) is 15.4. The van der Waals surface area contributed by atoms with Gasteiger partial charge in [-0.25, -0.2) is 4.68 Å². The third-order valence-electron chi connectivity index (χ3n) is 3.22. The number of carbonyl (C=O) groups excluding carboxylic acids is 1. The summed E-state index contributed by atoms with van der Waals surface area (Å²) >= 11 is 1.60. The summed E-state index contributed by atoms with van der Waals surface area (Å²) in [5.41, 5.74) is 2.26. The lowest BCUT2D eigenvalue weighted by atomic mass is 10.3. The summed E-state index contributed by atoms with van der Waals surface area (Å²) in [6, 6.07) is 17.4. The lowest BCUT2D eigenvalue weighted by Gasteiger charge is -2.07. The van der Waals surface area contributed by atoms with Gasteiger partial charge in [0.05, 0.1) is 23.1 Å². The van der Waals surface area contributed by atoms with Crippen LogP contribution < -0.4 is 5.32 Å². The number of aromatic nitrogens is 2. The van der Waals surface area contributed by atoms with Crippen molar-refractivity contribution in [3.8, 4) is 5.69 Å². The summed E-state index contributed by atoms with van der Waals surface area (Å²) in [5.74, 6) is -0.163. The number of para-hydroxylation sites is 2. The van der Waals surface area contributed by atoms with Gasteiger partial charge in [-0.05, 0) is 30.5 Å². The second-order valence-corrected chi connectivity index (χ2v) is 5.51. The highest BCUT2D eigenvalue weighted by atomic mass is 32.2. The molecule has 0 spiro atoms. The second kappa shape index (κ2) is 6.49. The van der Waals surface area contributed by atoms with Crippen LogP contribution in [0.4, 0.5) is 5.69 Å². The normalized spacial score (nSPS) is 10.4. The van der Waals surface area contributed by atoms with Crippen LogP contribution in [0.15, 0.2) is 71.9 Å². The summed E-state index contributed by atoms with van der Waals surface area (Å²) in [4.78, 5) is 13.4. The molecule has 0 atom stereocenters. The van der Waals surface area contributed by atoms with Crippen molar-refractivity contribution in [2.24, 2.45) is 0 Å². The quantitative estimate of drug-likeness (QED) is 0.745. The van der Waals surface area contributed by atoms with E-state index in [1.165, 1.54) is 0 Å². The number of thioether (sulfide) groups is 1. The lowest BCUT2D eigenvalue weighted by Crippen LogP contribution is -2.11. The van der Waals surface area contributed by atoms with Crippen molar-refractivity contribution in [2.75, 3.05) is 11.6 Å². The minimum absolute atomic E-state index is 0.163. The number of nitrogens with one attached hydrogen (secondary N) is 1. The molecule has 2 aromatic carbocycles. The van der Waals surface area contributed by atoms with E-state index in [1.807, 2.05) is 60.9 Å². The number of anilines is 1. The SMILES string of the molecule is CSc1ccccc1NC(=O)c1cnn(-c2ccccc2)c1. The minimum atomic E-state index is -0.163. The fraction of sp³-hybridized carbons (Fsp3) is 0.0588. The monoisotopic (exact) mass is 309 g/mol. The maximum absolute atomic E-state index is 12.4. The van der Waals surface area contributed by atoms with Crippen LogP contribution in [0.2, 0.25) is 0 Å². The zero-order valence-electron chi connectivity index (χ0n) is 12.1. The van der Waals surface area contributed by atoms with Crippen molar-refractivity contribution < 1.29 is 4.79 Å². The van der Waals surface area contributed by atoms with E-state index in [-0.39, 0.29) is 5.91 Å². The van der Waals surface area contributed by atoms with Gasteiger partial charge in [0.15, 0.2) is 0 Å². The molecule has 0 aliphatic rings. The summed E-state index contributed by atoms with van der Waals surface area (Å²) in [6.45, 7) is 0. The van der Waals surface area contributed by atoms with Crippen molar-refractivity contribution in [1.29, 1.82) is 0 Å². The Morgan fingerprint density at radius 3 is 2.59 bits per heavy atom. The number of carbonyl (C=O) groups is 1. The molecule has 4 nitrogen and oxygen atoms in total. The number of rotatable bonds is 4. The largest absolute Gasteiger partial charge is 0.321 e. The van der Waals surface area contributed by atoms with Crippen LogP contribution in [0.25, 0.3) is 5.69 Å². The molecule has 3 rings (SSSR count). The van der Waals surface area contributed by atoms with Gasteiger partial charge in [-0.3, -0.25) is 4.79 Å². The van der Waals surface area contributed by atoms with Crippen LogP contribution in [-0.4, -0.2) is 21.9 Å². The first-order valence-corrected chi connectivity index (χ1v) is 8.05. The molecule has 5 heteroatoms. The third-order valence-corrected chi connectivity index (χ3v) is 4.02. The molecule has 0 aliphatic carbocycles. The molecule has 3 aromatic rings. The first kappa shape index (κ1) is 14.4. The predicted molar refractivity (Wildman–Crippen MR) is 89.7 cm³/mol. The molecule has 0 fully saturated rings. The summed E-state index contributed by atoms with van der Waals surface area (Å²) < 4.78 is 1.69. The van der Waals surface area contributed by atoms with E-state index in [9.17, 15) is 4.79 Å². The van der Waals surface area contributed by atoms with Gasteiger partial charge in [-0.2, -0.15) is 5.10 Å². The van der Waals surface area contributed by atoms with E-state index in [4.69, 9.17) is 0 Å². The number of amides is 1. The van der Waals surface area contributed by atoms with Gasteiger partial charge in [0.25, 0.3) is 5.91 Å². The van der Waals surface area contributed by atoms with Gasteiger partial charge in [0, 0.05) is 11.1 Å². The minimum Gasteiger partial charge on any atom is -0.321 e. The third kappa shape index (κ3) is 3.04. The zero-order valence-corrected chi connectivity index (χ0v) is 12.9. The Morgan fingerprint density at radius 1 is 1.09 bits per heavy atom. The Morgan fingerprint density at radius 2 is 1.82 bits per heavy atom. The summed E-state index contributed by atoms with van der Waals surface area (Å²) in [6.07, 6.45) is 5.29. The van der Waals surface area contributed by atoms with Gasteiger partial charge >= 0.3 is 0 Å². The van der Waals surface area contributed by atoms with E-state index in [2.05, 4.69) is 10.4 Å². The van der Waals surface area contributed by atoms with Gasteiger partial charge in [0.2, 0.25) is 0 Å². The van der Waals surface area contributed by atoms with E-state index >= 15 is 0 Å². The Bertz CT molecular complexity index is 783. The standard InChI is InChI=1S/C17H15N3OS/c1-22-16-10-6-5-9-15(16)19-17(21)13-11-18-20(12-13)14-7-3-2-4-8-14/h2-12H,1H3,(H,19,21). The molecule has 110 valence electrons. The second-order valence-electron chi connectivity index (χ2n) is 4.66. The molecule has 22 heavy (non-hydrogen) atoms. The average molecular weight is 309 g/mol. The molecule has 1 N–H and O–H groups in total. The first-order valence-electron chi connectivity index (χ1n) is 6.82.